The first-order chi connectivity index (χ1) is 7.91. The van der Waals surface area contributed by atoms with Gasteiger partial charge in [0.05, 0.1) is 11.9 Å². The van der Waals surface area contributed by atoms with Crippen LogP contribution in [-0.2, 0) is 5.41 Å². The highest BCUT2D eigenvalue weighted by Crippen LogP contribution is 2.27. The van der Waals surface area contributed by atoms with E-state index in [0.717, 1.165) is 0 Å². The van der Waals surface area contributed by atoms with E-state index in [-0.39, 0.29) is 5.41 Å². The first-order valence-corrected chi connectivity index (χ1v) is 6.02. The molecule has 2 rings (SSSR count). The predicted octanol–water partition coefficient (Wildman–Crippen LogP) is 3.79. The lowest BCUT2D eigenvalue weighted by molar-refractivity contribution is 0.585. The highest BCUT2D eigenvalue weighted by Gasteiger charge is 2.20. The quantitative estimate of drug-likeness (QED) is 0.726. The van der Waals surface area contributed by atoms with E-state index in [2.05, 4.69) is 64.0 Å². The summed E-state index contributed by atoms with van der Waals surface area (Å²) in [6, 6.07) is 8.34. The van der Waals surface area contributed by atoms with Crippen LogP contribution in [0.1, 0.15) is 37.6 Å². The van der Waals surface area contributed by atoms with Gasteiger partial charge in [-0.25, -0.2) is 4.68 Å². The largest absolute Gasteiger partial charge is 0.238 e. The van der Waals surface area contributed by atoms with Crippen molar-refractivity contribution in [3.8, 4) is 5.69 Å². The second kappa shape index (κ2) is 4.02. The molecular weight excluding hydrogens is 208 g/mol. The van der Waals surface area contributed by atoms with Crippen LogP contribution in [0.15, 0.2) is 30.5 Å². The maximum Gasteiger partial charge on any atom is 0.0677 e. The summed E-state index contributed by atoms with van der Waals surface area (Å²) in [6.45, 7) is 10.9. The Morgan fingerprint density at radius 2 is 1.71 bits per heavy atom. The number of hydrogen-bond acceptors (Lipinski definition) is 1. The second-order valence-electron chi connectivity index (χ2n) is 5.59. The van der Waals surface area contributed by atoms with Crippen molar-refractivity contribution in [1.82, 2.24) is 9.78 Å². The Morgan fingerprint density at radius 1 is 1.06 bits per heavy atom. The molecule has 0 saturated heterocycles. The Hall–Kier alpha value is -1.57. The van der Waals surface area contributed by atoms with Crippen molar-refractivity contribution < 1.29 is 0 Å². The molecule has 0 atom stereocenters. The van der Waals surface area contributed by atoms with Gasteiger partial charge in [-0.2, -0.15) is 5.10 Å². The van der Waals surface area contributed by atoms with Crippen molar-refractivity contribution in [1.29, 1.82) is 0 Å². The highest BCUT2D eigenvalue weighted by molar-refractivity contribution is 5.42. The molecule has 0 radical (unpaired) electrons. The SMILES string of the molecule is Cc1ccccc1-n1ncc(C(C)(C)C)c1C. The van der Waals surface area contributed by atoms with E-state index in [1.165, 1.54) is 22.5 Å². The molecule has 0 unspecified atom stereocenters. The number of para-hydroxylation sites is 1. The van der Waals surface area contributed by atoms with E-state index in [1.807, 2.05) is 10.9 Å². The number of aromatic nitrogens is 2. The molecule has 0 N–H and O–H groups in total. The van der Waals surface area contributed by atoms with Crippen LogP contribution < -0.4 is 0 Å². The lowest BCUT2D eigenvalue weighted by atomic mass is 9.87. The molecule has 0 aliphatic carbocycles. The van der Waals surface area contributed by atoms with Crippen molar-refractivity contribution in [3.63, 3.8) is 0 Å². The minimum atomic E-state index is 0.144. The van der Waals surface area contributed by atoms with E-state index in [9.17, 15) is 0 Å². The molecular formula is C15H20N2. The Morgan fingerprint density at radius 3 is 2.24 bits per heavy atom. The van der Waals surface area contributed by atoms with Crippen molar-refractivity contribution >= 4 is 0 Å². The summed E-state index contributed by atoms with van der Waals surface area (Å²) in [6.07, 6.45) is 1.99. The molecule has 2 heteroatoms. The topological polar surface area (TPSA) is 17.8 Å². The van der Waals surface area contributed by atoms with Gasteiger partial charge >= 0.3 is 0 Å². The first-order valence-electron chi connectivity index (χ1n) is 6.02. The maximum atomic E-state index is 4.53. The molecule has 0 aliphatic rings. The maximum absolute atomic E-state index is 4.53. The van der Waals surface area contributed by atoms with Crippen molar-refractivity contribution in [3.05, 3.63) is 47.3 Å². The monoisotopic (exact) mass is 228 g/mol. The summed E-state index contributed by atoms with van der Waals surface area (Å²) < 4.78 is 2.04. The minimum Gasteiger partial charge on any atom is -0.238 e. The Balaban J connectivity index is 2.56. The average Bonchev–Trinajstić information content (AvgIpc) is 2.60. The lowest BCUT2D eigenvalue weighted by Gasteiger charge is -2.18. The van der Waals surface area contributed by atoms with E-state index >= 15 is 0 Å². The highest BCUT2D eigenvalue weighted by atomic mass is 15.3. The van der Waals surface area contributed by atoms with E-state index in [4.69, 9.17) is 0 Å². The summed E-state index contributed by atoms with van der Waals surface area (Å²) in [5.74, 6) is 0. The third-order valence-electron chi connectivity index (χ3n) is 3.16. The molecule has 1 aromatic heterocycles. The zero-order valence-corrected chi connectivity index (χ0v) is 11.3. The van der Waals surface area contributed by atoms with Crippen molar-refractivity contribution in [2.24, 2.45) is 0 Å². The Bertz CT molecular complexity index is 530. The molecule has 90 valence electrons. The number of aryl methyl sites for hydroxylation is 1. The lowest BCUT2D eigenvalue weighted by Crippen LogP contribution is -2.12. The summed E-state index contributed by atoms with van der Waals surface area (Å²) in [5, 5.41) is 4.53. The molecule has 0 saturated carbocycles. The van der Waals surface area contributed by atoms with Crippen molar-refractivity contribution in [2.45, 2.75) is 40.0 Å². The average molecular weight is 228 g/mol. The molecule has 0 amide bonds. The number of nitrogens with zero attached hydrogens (tertiary/aromatic N) is 2. The van der Waals surface area contributed by atoms with Crippen LogP contribution >= 0.6 is 0 Å². The molecule has 1 heterocycles. The predicted molar refractivity (Wildman–Crippen MR) is 71.7 cm³/mol. The summed E-state index contributed by atoms with van der Waals surface area (Å²) in [4.78, 5) is 0. The number of hydrogen-bond donors (Lipinski definition) is 0. The second-order valence-corrected chi connectivity index (χ2v) is 5.59. The van der Waals surface area contributed by atoms with Crippen LogP contribution in [0.2, 0.25) is 0 Å². The standard InChI is InChI=1S/C15H20N2/c1-11-8-6-7-9-14(11)17-12(2)13(10-16-17)15(3,4)5/h6-10H,1-5H3. The zero-order chi connectivity index (χ0) is 12.6. The fourth-order valence-electron chi connectivity index (χ4n) is 2.19. The van der Waals surface area contributed by atoms with Crippen LogP contribution in [0.3, 0.4) is 0 Å². The number of benzene rings is 1. The van der Waals surface area contributed by atoms with Gasteiger partial charge in [0.25, 0.3) is 0 Å². The minimum absolute atomic E-state index is 0.144. The van der Waals surface area contributed by atoms with Gasteiger partial charge in [-0.1, -0.05) is 39.0 Å². The van der Waals surface area contributed by atoms with Crippen molar-refractivity contribution in [2.75, 3.05) is 0 Å². The van der Waals surface area contributed by atoms with Gasteiger partial charge < -0.3 is 0 Å². The smallest absolute Gasteiger partial charge is 0.0677 e. The third kappa shape index (κ3) is 2.12. The van der Waals surface area contributed by atoms with Crippen LogP contribution in [0.5, 0.6) is 0 Å². The molecule has 2 nitrogen and oxygen atoms in total. The normalized spacial score (nSPS) is 11.8. The van der Waals surface area contributed by atoms with Gasteiger partial charge in [0.2, 0.25) is 0 Å². The Labute approximate surface area is 103 Å². The van der Waals surface area contributed by atoms with E-state index in [0.29, 0.717) is 0 Å². The fraction of sp³-hybridized carbons (Fsp3) is 0.400. The molecule has 1 aromatic carbocycles. The fourth-order valence-corrected chi connectivity index (χ4v) is 2.19. The summed E-state index contributed by atoms with van der Waals surface area (Å²) in [7, 11) is 0. The molecule has 0 bridgehead atoms. The van der Waals surface area contributed by atoms with Crippen LogP contribution in [0.25, 0.3) is 5.69 Å². The Kier molecular flexibility index (Phi) is 2.82. The van der Waals surface area contributed by atoms with Crippen LogP contribution in [0.4, 0.5) is 0 Å². The van der Waals surface area contributed by atoms with Gasteiger partial charge in [-0.05, 0) is 36.5 Å². The van der Waals surface area contributed by atoms with Gasteiger partial charge in [-0.3, -0.25) is 0 Å². The van der Waals surface area contributed by atoms with Crippen LogP contribution in [-0.4, -0.2) is 9.78 Å². The molecule has 0 aliphatic heterocycles. The van der Waals surface area contributed by atoms with Gasteiger partial charge in [-0.15, -0.1) is 0 Å². The van der Waals surface area contributed by atoms with Gasteiger partial charge in [0.15, 0.2) is 0 Å². The third-order valence-corrected chi connectivity index (χ3v) is 3.16. The van der Waals surface area contributed by atoms with Crippen LogP contribution in [0, 0.1) is 13.8 Å². The zero-order valence-electron chi connectivity index (χ0n) is 11.3. The van der Waals surface area contributed by atoms with Gasteiger partial charge in [0, 0.05) is 5.69 Å². The van der Waals surface area contributed by atoms with E-state index in [1.54, 1.807) is 0 Å². The molecule has 17 heavy (non-hydrogen) atoms. The molecule has 0 fully saturated rings. The number of rotatable bonds is 1. The summed E-state index contributed by atoms with van der Waals surface area (Å²) in [5.41, 5.74) is 5.09. The van der Waals surface area contributed by atoms with E-state index < -0.39 is 0 Å². The molecule has 0 spiro atoms. The summed E-state index contributed by atoms with van der Waals surface area (Å²) >= 11 is 0. The van der Waals surface area contributed by atoms with Gasteiger partial charge in [0.1, 0.15) is 0 Å². The molecule has 2 aromatic rings. The first kappa shape index (κ1) is 11.9.